The molecule has 1 rings (SSSR count). The Hall–Kier alpha value is -0.910. The van der Waals surface area contributed by atoms with Gasteiger partial charge in [0.05, 0.1) is 11.5 Å². The third-order valence-corrected chi connectivity index (χ3v) is 4.34. The minimum Gasteiger partial charge on any atom is -0.395 e. The molecule has 5 heteroatoms. The van der Waals surface area contributed by atoms with E-state index in [4.69, 9.17) is 0 Å². The molecule has 2 N–H and O–H groups in total. The Bertz CT molecular complexity index is 486. The first-order valence-electron chi connectivity index (χ1n) is 5.86. The summed E-state index contributed by atoms with van der Waals surface area (Å²) in [6.07, 6.45) is 0. The molecule has 0 aliphatic heterocycles. The second kappa shape index (κ2) is 5.38. The van der Waals surface area contributed by atoms with E-state index in [0.717, 1.165) is 5.56 Å². The number of rotatable bonds is 4. The molecule has 1 atom stereocenters. The number of hydrogen-bond acceptors (Lipinski definition) is 3. The average molecular weight is 271 g/mol. The minimum absolute atomic E-state index is 0.218. The molecule has 0 spiro atoms. The van der Waals surface area contributed by atoms with Gasteiger partial charge in [0.25, 0.3) is 0 Å². The Balaban J connectivity index is 2.98. The monoisotopic (exact) mass is 271 g/mol. The van der Waals surface area contributed by atoms with Crippen LogP contribution < -0.4 is 4.72 Å². The first-order valence-corrected chi connectivity index (χ1v) is 7.35. The molecule has 0 saturated heterocycles. The number of nitrogens with one attached hydrogen (secondary N) is 1. The summed E-state index contributed by atoms with van der Waals surface area (Å²) in [5.74, 6) is 0. The Kier molecular flexibility index (Phi) is 4.53. The van der Waals surface area contributed by atoms with Gasteiger partial charge in [0.2, 0.25) is 10.0 Å². The fourth-order valence-electron chi connectivity index (χ4n) is 1.46. The molecule has 0 fully saturated rings. The fraction of sp³-hybridized carbons (Fsp3) is 0.538. The Labute approximate surface area is 109 Å². The fourth-order valence-corrected chi connectivity index (χ4v) is 2.89. The molecule has 0 aliphatic carbocycles. The van der Waals surface area contributed by atoms with Crippen LogP contribution in [0.3, 0.4) is 0 Å². The maximum absolute atomic E-state index is 12.1. The van der Waals surface area contributed by atoms with Gasteiger partial charge in [-0.1, -0.05) is 38.5 Å². The van der Waals surface area contributed by atoms with Crippen molar-refractivity contribution in [3.8, 4) is 0 Å². The lowest BCUT2D eigenvalue weighted by Gasteiger charge is -2.29. The van der Waals surface area contributed by atoms with Gasteiger partial charge in [-0.2, -0.15) is 0 Å². The zero-order valence-electron chi connectivity index (χ0n) is 11.3. The van der Waals surface area contributed by atoms with Crippen molar-refractivity contribution in [1.29, 1.82) is 0 Å². The molecule has 0 radical (unpaired) electrons. The number of benzene rings is 1. The van der Waals surface area contributed by atoms with Crippen molar-refractivity contribution < 1.29 is 13.5 Å². The van der Waals surface area contributed by atoms with E-state index in [1.807, 2.05) is 27.7 Å². The highest BCUT2D eigenvalue weighted by atomic mass is 32.2. The van der Waals surface area contributed by atoms with Gasteiger partial charge in [-0.05, 0) is 24.5 Å². The molecular weight excluding hydrogens is 250 g/mol. The van der Waals surface area contributed by atoms with Crippen LogP contribution >= 0.6 is 0 Å². The van der Waals surface area contributed by atoms with Gasteiger partial charge in [0, 0.05) is 6.04 Å². The van der Waals surface area contributed by atoms with E-state index in [1.54, 1.807) is 24.3 Å². The predicted octanol–water partition coefficient (Wildman–Crippen LogP) is 1.68. The van der Waals surface area contributed by atoms with Gasteiger partial charge in [-0.15, -0.1) is 0 Å². The third kappa shape index (κ3) is 3.80. The normalized spacial score (nSPS) is 14.5. The van der Waals surface area contributed by atoms with Crippen LogP contribution in [0.1, 0.15) is 26.3 Å². The number of aryl methyl sites for hydroxylation is 1. The Morgan fingerprint density at radius 1 is 1.22 bits per heavy atom. The van der Waals surface area contributed by atoms with E-state index in [9.17, 15) is 13.5 Å². The molecule has 0 saturated carbocycles. The highest BCUT2D eigenvalue weighted by Gasteiger charge is 2.28. The van der Waals surface area contributed by atoms with Crippen molar-refractivity contribution >= 4 is 10.0 Å². The minimum atomic E-state index is -3.58. The van der Waals surface area contributed by atoms with Gasteiger partial charge in [-0.25, -0.2) is 13.1 Å². The van der Waals surface area contributed by atoms with Crippen LogP contribution in [-0.2, 0) is 10.0 Å². The number of aliphatic hydroxyl groups excluding tert-OH is 1. The zero-order chi connectivity index (χ0) is 14.0. The molecular formula is C13H21NO3S. The quantitative estimate of drug-likeness (QED) is 0.875. The standard InChI is InChI=1S/C13H21NO3S/c1-10-5-7-11(8-6-10)18(16,17)14-12(9-15)13(2,3)4/h5-8,12,14-15H,9H2,1-4H3/t12-/m1/s1. The molecule has 0 aromatic heterocycles. The average Bonchev–Trinajstić information content (AvgIpc) is 2.25. The maximum Gasteiger partial charge on any atom is 0.240 e. The molecule has 0 aliphatic rings. The molecule has 4 nitrogen and oxygen atoms in total. The van der Waals surface area contributed by atoms with Crippen molar-refractivity contribution in [1.82, 2.24) is 4.72 Å². The molecule has 0 bridgehead atoms. The van der Waals surface area contributed by atoms with Gasteiger partial charge < -0.3 is 5.11 Å². The van der Waals surface area contributed by atoms with Crippen LogP contribution in [0, 0.1) is 12.3 Å². The molecule has 102 valence electrons. The zero-order valence-corrected chi connectivity index (χ0v) is 12.1. The summed E-state index contributed by atoms with van der Waals surface area (Å²) in [6.45, 7) is 7.31. The summed E-state index contributed by atoms with van der Waals surface area (Å²) in [6, 6.07) is 6.12. The SMILES string of the molecule is Cc1ccc(S(=O)(=O)N[C@H](CO)C(C)(C)C)cc1. The molecule has 1 aromatic rings. The lowest BCUT2D eigenvalue weighted by Crippen LogP contribution is -2.46. The summed E-state index contributed by atoms with van der Waals surface area (Å²) in [7, 11) is -3.58. The topological polar surface area (TPSA) is 66.4 Å². The van der Waals surface area contributed by atoms with Crippen molar-refractivity contribution in [3.05, 3.63) is 29.8 Å². The smallest absolute Gasteiger partial charge is 0.240 e. The number of hydrogen-bond donors (Lipinski definition) is 2. The number of aliphatic hydroxyl groups is 1. The lowest BCUT2D eigenvalue weighted by atomic mass is 9.88. The van der Waals surface area contributed by atoms with Crippen molar-refractivity contribution in [2.24, 2.45) is 5.41 Å². The Morgan fingerprint density at radius 2 is 1.72 bits per heavy atom. The van der Waals surface area contributed by atoms with E-state index >= 15 is 0 Å². The first-order chi connectivity index (χ1) is 8.16. The van der Waals surface area contributed by atoms with E-state index in [0.29, 0.717) is 0 Å². The van der Waals surface area contributed by atoms with Crippen LogP contribution in [0.5, 0.6) is 0 Å². The summed E-state index contributed by atoms with van der Waals surface area (Å²) in [5.41, 5.74) is 0.662. The van der Waals surface area contributed by atoms with Crippen LogP contribution in [-0.4, -0.2) is 26.2 Å². The largest absolute Gasteiger partial charge is 0.395 e. The van der Waals surface area contributed by atoms with Crippen LogP contribution in [0.15, 0.2) is 29.2 Å². The van der Waals surface area contributed by atoms with Gasteiger partial charge in [-0.3, -0.25) is 0 Å². The second-order valence-corrected chi connectivity index (χ2v) is 7.25. The molecule has 0 heterocycles. The summed E-state index contributed by atoms with van der Waals surface area (Å²) < 4.78 is 26.8. The van der Waals surface area contributed by atoms with Crippen LogP contribution in [0.4, 0.5) is 0 Å². The van der Waals surface area contributed by atoms with E-state index in [-0.39, 0.29) is 16.9 Å². The van der Waals surface area contributed by atoms with Crippen LogP contribution in [0.25, 0.3) is 0 Å². The van der Waals surface area contributed by atoms with Gasteiger partial charge in [0.1, 0.15) is 0 Å². The molecule has 0 unspecified atom stereocenters. The van der Waals surface area contributed by atoms with Gasteiger partial charge >= 0.3 is 0 Å². The molecule has 18 heavy (non-hydrogen) atoms. The lowest BCUT2D eigenvalue weighted by molar-refractivity contribution is 0.177. The third-order valence-electron chi connectivity index (χ3n) is 2.86. The van der Waals surface area contributed by atoms with Crippen molar-refractivity contribution in [3.63, 3.8) is 0 Å². The maximum atomic E-state index is 12.1. The van der Waals surface area contributed by atoms with E-state index in [1.165, 1.54) is 0 Å². The summed E-state index contributed by atoms with van der Waals surface area (Å²) in [5, 5.41) is 9.29. The highest BCUT2D eigenvalue weighted by Crippen LogP contribution is 2.21. The highest BCUT2D eigenvalue weighted by molar-refractivity contribution is 7.89. The summed E-state index contributed by atoms with van der Waals surface area (Å²) in [4.78, 5) is 0.218. The first kappa shape index (κ1) is 15.1. The van der Waals surface area contributed by atoms with Crippen molar-refractivity contribution in [2.45, 2.75) is 38.6 Å². The van der Waals surface area contributed by atoms with Gasteiger partial charge in [0.15, 0.2) is 0 Å². The van der Waals surface area contributed by atoms with E-state index in [2.05, 4.69) is 4.72 Å². The number of sulfonamides is 1. The Morgan fingerprint density at radius 3 is 2.11 bits per heavy atom. The summed E-state index contributed by atoms with van der Waals surface area (Å²) >= 11 is 0. The van der Waals surface area contributed by atoms with E-state index < -0.39 is 16.1 Å². The molecule has 0 amide bonds. The predicted molar refractivity (Wildman–Crippen MR) is 71.8 cm³/mol. The van der Waals surface area contributed by atoms with Crippen LogP contribution in [0.2, 0.25) is 0 Å². The second-order valence-electron chi connectivity index (χ2n) is 5.54. The van der Waals surface area contributed by atoms with Crippen molar-refractivity contribution in [2.75, 3.05) is 6.61 Å². The molecule has 1 aromatic carbocycles.